The van der Waals surface area contributed by atoms with Crippen molar-refractivity contribution in [2.75, 3.05) is 0 Å². The van der Waals surface area contributed by atoms with Crippen LogP contribution >= 0.6 is 0 Å². The Labute approximate surface area is 165 Å². The summed E-state index contributed by atoms with van der Waals surface area (Å²) < 4.78 is 30.8. The van der Waals surface area contributed by atoms with E-state index in [1.807, 2.05) is 12.2 Å². The molecule has 2 unspecified atom stereocenters. The molecule has 2 N–H and O–H groups in total. The number of allylic oxidation sites excluding steroid dienone is 10. The highest BCUT2D eigenvalue weighted by Gasteiger charge is 2.27. The molecule has 27 heavy (non-hydrogen) atoms. The maximum Gasteiger partial charge on any atom is 0.292 e. The zero-order valence-corrected chi connectivity index (χ0v) is 17.5. The van der Waals surface area contributed by atoms with Crippen molar-refractivity contribution in [1.82, 2.24) is 0 Å². The number of hydrogen-bond donors (Lipinski definition) is 2. The van der Waals surface area contributed by atoms with E-state index in [2.05, 4.69) is 55.5 Å². The van der Waals surface area contributed by atoms with E-state index in [-0.39, 0.29) is 0 Å². The van der Waals surface area contributed by atoms with E-state index in [9.17, 15) is 13.5 Å². The van der Waals surface area contributed by atoms with Crippen LogP contribution in [0.5, 0.6) is 0 Å². The monoisotopic (exact) mass is 396 g/mol. The topological polar surface area (TPSA) is 74.6 Å². The third-order valence-corrected chi connectivity index (χ3v) is 5.09. The Balaban J connectivity index is 3.84. The van der Waals surface area contributed by atoms with Crippen LogP contribution in [0.2, 0.25) is 0 Å². The van der Waals surface area contributed by atoms with E-state index in [0.717, 1.165) is 32.1 Å². The van der Waals surface area contributed by atoms with E-state index >= 15 is 0 Å². The average Bonchev–Trinajstić information content (AvgIpc) is 2.63. The Bertz CT molecular complexity index is 598. The van der Waals surface area contributed by atoms with Crippen LogP contribution in [0.25, 0.3) is 0 Å². The summed E-state index contributed by atoms with van der Waals surface area (Å²) in [7, 11) is -4.38. The predicted molar refractivity (Wildman–Crippen MR) is 115 cm³/mol. The molecule has 0 aromatic heterocycles. The molecule has 0 aliphatic rings. The lowest BCUT2D eigenvalue weighted by molar-refractivity contribution is 0.159. The van der Waals surface area contributed by atoms with Crippen molar-refractivity contribution in [3.8, 4) is 0 Å². The maximum absolute atomic E-state index is 11.0. The SMILES string of the molecule is CCC=CCC=CCC=CCC=CCC=CCCC(CC)C(O)S(=O)(=O)O. The van der Waals surface area contributed by atoms with Crippen molar-refractivity contribution in [3.05, 3.63) is 60.8 Å². The third-order valence-electron chi connectivity index (χ3n) is 4.09. The van der Waals surface area contributed by atoms with Crippen LogP contribution in [0.1, 0.15) is 65.2 Å². The van der Waals surface area contributed by atoms with Gasteiger partial charge in [-0.3, -0.25) is 4.55 Å². The fourth-order valence-electron chi connectivity index (χ4n) is 2.47. The lowest BCUT2D eigenvalue weighted by Crippen LogP contribution is -2.28. The fourth-order valence-corrected chi connectivity index (χ4v) is 3.29. The second-order valence-corrected chi connectivity index (χ2v) is 7.87. The Morgan fingerprint density at radius 3 is 1.52 bits per heavy atom. The largest absolute Gasteiger partial charge is 0.375 e. The van der Waals surface area contributed by atoms with Crippen LogP contribution in [0.15, 0.2) is 60.8 Å². The van der Waals surface area contributed by atoms with E-state index in [1.54, 1.807) is 6.92 Å². The van der Waals surface area contributed by atoms with Gasteiger partial charge < -0.3 is 5.11 Å². The van der Waals surface area contributed by atoms with Gasteiger partial charge in [0.15, 0.2) is 5.44 Å². The predicted octanol–water partition coefficient (Wildman–Crippen LogP) is 5.75. The maximum atomic E-state index is 11.0. The summed E-state index contributed by atoms with van der Waals surface area (Å²) in [6.07, 6.45) is 27.7. The van der Waals surface area contributed by atoms with Crippen molar-refractivity contribution in [2.45, 2.75) is 70.7 Å². The Morgan fingerprint density at radius 2 is 1.15 bits per heavy atom. The van der Waals surface area contributed by atoms with Crippen LogP contribution in [0, 0.1) is 5.92 Å². The van der Waals surface area contributed by atoms with Crippen molar-refractivity contribution in [3.63, 3.8) is 0 Å². The lowest BCUT2D eigenvalue weighted by Gasteiger charge is -2.17. The van der Waals surface area contributed by atoms with Gasteiger partial charge in [0, 0.05) is 5.92 Å². The van der Waals surface area contributed by atoms with Gasteiger partial charge in [0.25, 0.3) is 10.1 Å². The second kappa shape index (κ2) is 16.7. The molecule has 154 valence electrons. The smallest absolute Gasteiger partial charge is 0.292 e. The average molecular weight is 397 g/mol. The van der Waals surface area contributed by atoms with Crippen molar-refractivity contribution < 1.29 is 18.1 Å². The van der Waals surface area contributed by atoms with Gasteiger partial charge in [-0.05, 0) is 51.4 Å². The van der Waals surface area contributed by atoms with E-state index in [1.165, 1.54) is 0 Å². The molecule has 0 radical (unpaired) electrons. The first-order valence-electron chi connectivity index (χ1n) is 9.82. The number of hydrogen-bond acceptors (Lipinski definition) is 3. The molecular weight excluding hydrogens is 360 g/mol. The minimum absolute atomic E-state index is 0.443. The van der Waals surface area contributed by atoms with E-state index in [4.69, 9.17) is 4.55 Å². The first-order chi connectivity index (χ1) is 12.9. The van der Waals surface area contributed by atoms with Crippen LogP contribution in [0.4, 0.5) is 0 Å². The van der Waals surface area contributed by atoms with E-state index in [0.29, 0.717) is 19.3 Å². The Morgan fingerprint density at radius 1 is 0.741 bits per heavy atom. The molecule has 0 aromatic carbocycles. The minimum Gasteiger partial charge on any atom is -0.375 e. The molecule has 0 rings (SSSR count). The first kappa shape index (κ1) is 25.6. The summed E-state index contributed by atoms with van der Waals surface area (Å²) in [4.78, 5) is 0. The van der Waals surface area contributed by atoms with Crippen molar-refractivity contribution in [2.24, 2.45) is 5.92 Å². The number of aliphatic hydroxyl groups excluding tert-OH is 1. The van der Waals surface area contributed by atoms with Gasteiger partial charge in [-0.15, -0.1) is 0 Å². The van der Waals surface area contributed by atoms with Gasteiger partial charge >= 0.3 is 0 Å². The highest BCUT2D eigenvalue weighted by atomic mass is 32.2. The van der Waals surface area contributed by atoms with Crippen LogP contribution < -0.4 is 0 Å². The normalized spacial score (nSPS) is 15.9. The summed E-state index contributed by atoms with van der Waals surface area (Å²) in [6.45, 7) is 3.94. The minimum atomic E-state index is -4.38. The molecule has 0 aromatic rings. The molecular formula is C22H36O4S. The van der Waals surface area contributed by atoms with Crippen LogP contribution in [0.3, 0.4) is 0 Å². The van der Waals surface area contributed by atoms with Gasteiger partial charge in [0.1, 0.15) is 0 Å². The third kappa shape index (κ3) is 15.3. The molecule has 0 saturated carbocycles. The van der Waals surface area contributed by atoms with Gasteiger partial charge in [-0.25, -0.2) is 0 Å². The van der Waals surface area contributed by atoms with Crippen LogP contribution in [-0.4, -0.2) is 23.5 Å². The van der Waals surface area contributed by atoms with Gasteiger partial charge in [0.05, 0.1) is 0 Å². The van der Waals surface area contributed by atoms with Gasteiger partial charge in [-0.1, -0.05) is 74.6 Å². The van der Waals surface area contributed by atoms with Crippen molar-refractivity contribution >= 4 is 10.1 Å². The number of rotatable bonds is 15. The highest BCUT2D eigenvalue weighted by Crippen LogP contribution is 2.19. The molecule has 0 aliphatic carbocycles. The van der Waals surface area contributed by atoms with Gasteiger partial charge in [-0.2, -0.15) is 8.42 Å². The summed E-state index contributed by atoms with van der Waals surface area (Å²) in [5, 5.41) is 9.58. The summed E-state index contributed by atoms with van der Waals surface area (Å²) in [6, 6.07) is 0. The first-order valence-corrected chi connectivity index (χ1v) is 11.3. The molecule has 4 nitrogen and oxygen atoms in total. The molecule has 0 amide bonds. The fraction of sp³-hybridized carbons (Fsp3) is 0.545. The Kier molecular flexibility index (Phi) is 15.8. The standard InChI is InChI=1S/C22H36O4S/c1-3-5-6-7-8-9-10-11-12-13-14-15-16-17-18-19-20-21(4-2)22(23)27(24,25)26/h5-6,8-9,11-12,14-15,17-18,21-23H,3-4,7,10,13,16,19-20H2,1-2H3,(H,24,25,26). The molecule has 5 heteroatoms. The zero-order valence-electron chi connectivity index (χ0n) is 16.7. The molecule has 0 saturated heterocycles. The summed E-state index contributed by atoms with van der Waals surface area (Å²) in [5.41, 5.74) is -1.69. The highest BCUT2D eigenvalue weighted by molar-refractivity contribution is 7.86. The molecule has 0 fully saturated rings. The zero-order chi connectivity index (χ0) is 20.4. The summed E-state index contributed by atoms with van der Waals surface area (Å²) in [5.74, 6) is -0.443. The number of aliphatic hydroxyl groups is 1. The van der Waals surface area contributed by atoms with Gasteiger partial charge in [0.2, 0.25) is 0 Å². The lowest BCUT2D eigenvalue weighted by atomic mass is 10.0. The van der Waals surface area contributed by atoms with E-state index < -0.39 is 21.5 Å². The quantitative estimate of drug-likeness (QED) is 0.273. The molecule has 0 spiro atoms. The summed E-state index contributed by atoms with van der Waals surface area (Å²) >= 11 is 0. The second-order valence-electron chi connectivity index (χ2n) is 6.36. The Hall–Kier alpha value is -1.43. The van der Waals surface area contributed by atoms with Crippen molar-refractivity contribution in [1.29, 1.82) is 0 Å². The molecule has 0 bridgehead atoms. The molecule has 2 atom stereocenters. The van der Waals surface area contributed by atoms with Crippen LogP contribution in [-0.2, 0) is 10.1 Å². The molecule has 0 aliphatic heterocycles. The molecule has 0 heterocycles.